The number of fused-ring (bicyclic) bond motifs is 1. The number of nitrogens with zero attached hydrogens (tertiary/aromatic N) is 2. The minimum absolute atomic E-state index is 0.226. The lowest BCUT2D eigenvalue weighted by atomic mass is 9.97. The van der Waals surface area contributed by atoms with Crippen molar-refractivity contribution in [1.82, 2.24) is 9.29 Å². The summed E-state index contributed by atoms with van der Waals surface area (Å²) < 4.78 is 32.7. The van der Waals surface area contributed by atoms with E-state index in [4.69, 9.17) is 4.42 Å². The summed E-state index contributed by atoms with van der Waals surface area (Å²) in [4.78, 5) is 4.68. The van der Waals surface area contributed by atoms with E-state index >= 15 is 0 Å². The van der Waals surface area contributed by atoms with Gasteiger partial charge in [-0.15, -0.1) is 0 Å². The van der Waals surface area contributed by atoms with Gasteiger partial charge in [-0.3, -0.25) is 0 Å². The molecule has 3 aromatic rings. The van der Waals surface area contributed by atoms with Gasteiger partial charge >= 0.3 is 0 Å². The highest BCUT2D eigenvalue weighted by Gasteiger charge is 2.22. The second kappa shape index (κ2) is 8.32. The van der Waals surface area contributed by atoms with Crippen LogP contribution in [0.15, 0.2) is 51.8 Å². The summed E-state index contributed by atoms with van der Waals surface area (Å²) in [6, 6.07) is 13.2. The summed E-state index contributed by atoms with van der Waals surface area (Å²) in [5.41, 5.74) is 3.19. The van der Waals surface area contributed by atoms with Crippen LogP contribution in [0.1, 0.15) is 45.6 Å². The highest BCUT2D eigenvalue weighted by molar-refractivity contribution is 7.89. The third kappa shape index (κ3) is 3.91. The Labute approximate surface area is 166 Å². The first kappa shape index (κ1) is 20.4. The monoisotopic (exact) mass is 401 g/mol. The lowest BCUT2D eigenvalue weighted by molar-refractivity contribution is 0.445. The number of sulfonamides is 1. The zero-order chi connectivity index (χ0) is 20.3. The minimum Gasteiger partial charge on any atom is -0.423 e. The largest absolute Gasteiger partial charge is 0.423 e. The van der Waals surface area contributed by atoms with E-state index in [1.54, 1.807) is 18.2 Å². The van der Waals surface area contributed by atoms with E-state index < -0.39 is 10.0 Å². The average molecular weight is 402 g/mol. The minimum atomic E-state index is -3.53. The Morgan fingerprint density at radius 2 is 1.82 bits per heavy atom. The summed E-state index contributed by atoms with van der Waals surface area (Å²) in [6.07, 6.45) is 1.03. The van der Waals surface area contributed by atoms with Gasteiger partial charge in [0, 0.05) is 18.8 Å². The van der Waals surface area contributed by atoms with Gasteiger partial charge in [0.1, 0.15) is 5.52 Å². The van der Waals surface area contributed by atoms with Crippen molar-refractivity contribution >= 4 is 32.8 Å². The maximum atomic E-state index is 12.7. The molecule has 0 aliphatic rings. The number of anilines is 2. The van der Waals surface area contributed by atoms with E-state index in [-0.39, 0.29) is 4.90 Å². The average Bonchev–Trinajstić information content (AvgIpc) is 3.10. The lowest BCUT2D eigenvalue weighted by Gasteiger charge is -2.18. The van der Waals surface area contributed by atoms with Crippen LogP contribution in [0, 0.1) is 0 Å². The SMILES string of the molecule is CC[C@H](C)c1ccccc1Nc1nc2cc(S(=O)(=O)N(CC)CC)ccc2o1. The van der Waals surface area contributed by atoms with Gasteiger partial charge in [0.15, 0.2) is 5.58 Å². The molecule has 1 atom stereocenters. The first-order chi connectivity index (χ1) is 13.4. The summed E-state index contributed by atoms with van der Waals surface area (Å²) in [6.45, 7) is 8.83. The Balaban J connectivity index is 1.95. The van der Waals surface area contributed by atoms with E-state index in [1.807, 2.05) is 32.0 Å². The van der Waals surface area contributed by atoms with Gasteiger partial charge in [-0.25, -0.2) is 8.42 Å². The van der Waals surface area contributed by atoms with Crippen LogP contribution in [-0.2, 0) is 10.0 Å². The Kier molecular flexibility index (Phi) is 6.05. The Hall–Kier alpha value is -2.38. The van der Waals surface area contributed by atoms with Crippen molar-refractivity contribution in [3.63, 3.8) is 0 Å². The van der Waals surface area contributed by atoms with Crippen molar-refractivity contribution in [3.8, 4) is 0 Å². The summed E-state index contributed by atoms with van der Waals surface area (Å²) in [5, 5.41) is 3.24. The molecule has 1 aromatic heterocycles. The van der Waals surface area contributed by atoms with Gasteiger partial charge in [0.2, 0.25) is 10.0 Å². The van der Waals surface area contributed by atoms with Crippen molar-refractivity contribution in [2.45, 2.75) is 44.9 Å². The van der Waals surface area contributed by atoms with Crippen molar-refractivity contribution in [3.05, 3.63) is 48.0 Å². The molecule has 0 fully saturated rings. The molecule has 6 nitrogen and oxygen atoms in total. The Morgan fingerprint density at radius 3 is 2.50 bits per heavy atom. The molecule has 0 aliphatic carbocycles. The fourth-order valence-electron chi connectivity index (χ4n) is 3.21. The molecule has 0 radical (unpaired) electrons. The lowest BCUT2D eigenvalue weighted by Crippen LogP contribution is -2.30. The van der Waals surface area contributed by atoms with Crippen LogP contribution in [0.4, 0.5) is 11.7 Å². The molecule has 7 heteroatoms. The number of oxazole rings is 1. The van der Waals surface area contributed by atoms with Crippen LogP contribution >= 0.6 is 0 Å². The molecule has 1 heterocycles. The molecule has 0 saturated carbocycles. The van der Waals surface area contributed by atoms with Crippen molar-refractivity contribution in [2.24, 2.45) is 0 Å². The number of rotatable bonds is 8. The zero-order valence-electron chi connectivity index (χ0n) is 16.8. The second-order valence-electron chi connectivity index (χ2n) is 6.76. The zero-order valence-corrected chi connectivity index (χ0v) is 17.6. The van der Waals surface area contributed by atoms with Gasteiger partial charge < -0.3 is 9.73 Å². The molecule has 0 aliphatic heterocycles. The van der Waals surface area contributed by atoms with E-state index in [2.05, 4.69) is 30.2 Å². The molecule has 0 unspecified atom stereocenters. The summed E-state index contributed by atoms with van der Waals surface area (Å²) >= 11 is 0. The van der Waals surface area contributed by atoms with Gasteiger partial charge in [-0.1, -0.05) is 45.9 Å². The highest BCUT2D eigenvalue weighted by atomic mass is 32.2. The van der Waals surface area contributed by atoms with Gasteiger partial charge in [0.25, 0.3) is 6.01 Å². The maximum absolute atomic E-state index is 12.7. The molecule has 0 bridgehead atoms. The second-order valence-corrected chi connectivity index (χ2v) is 8.70. The third-order valence-corrected chi connectivity index (χ3v) is 7.09. The number of hydrogen-bond acceptors (Lipinski definition) is 5. The van der Waals surface area contributed by atoms with Gasteiger partial charge in [-0.05, 0) is 42.2 Å². The predicted octanol–water partition coefficient (Wildman–Crippen LogP) is 5.12. The van der Waals surface area contributed by atoms with Crippen LogP contribution in [0.25, 0.3) is 11.1 Å². The first-order valence-electron chi connectivity index (χ1n) is 9.67. The molecule has 1 N–H and O–H groups in total. The van der Waals surface area contributed by atoms with Crippen molar-refractivity contribution in [2.75, 3.05) is 18.4 Å². The smallest absolute Gasteiger partial charge is 0.300 e. The Bertz CT molecular complexity index is 1060. The van der Waals surface area contributed by atoms with E-state index in [1.165, 1.54) is 9.87 Å². The van der Waals surface area contributed by atoms with Crippen LogP contribution in [0.2, 0.25) is 0 Å². The highest BCUT2D eigenvalue weighted by Crippen LogP contribution is 2.30. The fraction of sp³-hybridized carbons (Fsp3) is 0.381. The number of hydrogen-bond donors (Lipinski definition) is 1. The standard InChI is InChI=1S/C21H27N3O3S/c1-5-15(4)17-10-8-9-11-18(17)22-21-23-19-14-16(12-13-20(19)27-21)28(25,26)24(6-2)7-3/h8-15H,5-7H2,1-4H3,(H,22,23)/t15-/m0/s1. The molecule has 0 spiro atoms. The topological polar surface area (TPSA) is 75.4 Å². The van der Waals surface area contributed by atoms with E-state index in [0.29, 0.717) is 36.1 Å². The van der Waals surface area contributed by atoms with Crippen LogP contribution in [0.3, 0.4) is 0 Å². The molecular formula is C21H27N3O3S. The van der Waals surface area contributed by atoms with Gasteiger partial charge in [0.05, 0.1) is 4.90 Å². The van der Waals surface area contributed by atoms with Crippen LogP contribution in [-0.4, -0.2) is 30.8 Å². The van der Waals surface area contributed by atoms with E-state index in [0.717, 1.165) is 12.1 Å². The number of para-hydroxylation sites is 1. The molecule has 0 amide bonds. The fourth-order valence-corrected chi connectivity index (χ4v) is 4.69. The predicted molar refractivity (Wildman–Crippen MR) is 113 cm³/mol. The first-order valence-corrected chi connectivity index (χ1v) is 11.1. The number of aromatic nitrogens is 1. The van der Waals surface area contributed by atoms with E-state index in [9.17, 15) is 8.42 Å². The molecule has 28 heavy (non-hydrogen) atoms. The molecule has 2 aromatic carbocycles. The summed E-state index contributed by atoms with van der Waals surface area (Å²) in [7, 11) is -3.53. The number of nitrogens with one attached hydrogen (secondary N) is 1. The summed E-state index contributed by atoms with van der Waals surface area (Å²) in [5.74, 6) is 0.402. The van der Waals surface area contributed by atoms with Gasteiger partial charge in [-0.2, -0.15) is 9.29 Å². The van der Waals surface area contributed by atoms with Crippen molar-refractivity contribution in [1.29, 1.82) is 0 Å². The number of benzene rings is 2. The molecular weight excluding hydrogens is 374 g/mol. The van der Waals surface area contributed by atoms with Crippen molar-refractivity contribution < 1.29 is 12.8 Å². The van der Waals surface area contributed by atoms with Crippen LogP contribution in [0.5, 0.6) is 0 Å². The quantitative estimate of drug-likeness (QED) is 0.567. The molecule has 150 valence electrons. The van der Waals surface area contributed by atoms with Crippen LogP contribution < -0.4 is 5.32 Å². The third-order valence-electron chi connectivity index (χ3n) is 5.05. The molecule has 0 saturated heterocycles. The molecule has 3 rings (SSSR count). The maximum Gasteiger partial charge on any atom is 0.300 e. The Morgan fingerprint density at radius 1 is 1.11 bits per heavy atom. The normalized spacial score (nSPS) is 13.2.